The number of rotatable bonds is 10. The summed E-state index contributed by atoms with van der Waals surface area (Å²) in [5.74, 6) is -0.617. The largest absolute Gasteiger partial charge is 0.480 e. The zero-order chi connectivity index (χ0) is 14.0. The minimum atomic E-state index is -0.788. The first-order valence-corrected chi connectivity index (χ1v) is 7.79. The molecule has 0 aliphatic heterocycles. The van der Waals surface area contributed by atoms with Crippen molar-refractivity contribution < 1.29 is 9.90 Å². The van der Waals surface area contributed by atoms with Crippen LogP contribution in [-0.4, -0.2) is 15.4 Å². The van der Waals surface area contributed by atoms with Gasteiger partial charge >= 0.3 is 5.97 Å². The fourth-order valence-electron chi connectivity index (χ4n) is 1.75. The van der Waals surface area contributed by atoms with E-state index < -0.39 is 10.3 Å². The van der Waals surface area contributed by atoms with Gasteiger partial charge in [0, 0.05) is 0 Å². The number of hydrogen-bond donors (Lipinski definition) is 1. The molecule has 0 amide bonds. The lowest BCUT2D eigenvalue weighted by atomic mass is 9.90. The lowest BCUT2D eigenvalue weighted by Crippen LogP contribution is -2.35. The molecule has 1 N–H and O–H groups in total. The van der Waals surface area contributed by atoms with Crippen LogP contribution >= 0.6 is 15.9 Å². The second kappa shape index (κ2) is 9.60. The van der Waals surface area contributed by atoms with E-state index in [1.165, 1.54) is 19.3 Å². The van der Waals surface area contributed by atoms with Gasteiger partial charge in [0.2, 0.25) is 0 Å². The second-order valence-corrected chi connectivity index (χ2v) is 6.83. The van der Waals surface area contributed by atoms with Crippen molar-refractivity contribution in [1.29, 1.82) is 0 Å². The number of carbonyl (C=O) groups is 1. The van der Waals surface area contributed by atoms with E-state index in [1.54, 1.807) is 6.92 Å². The van der Waals surface area contributed by atoms with Gasteiger partial charge in [0.25, 0.3) is 0 Å². The van der Waals surface area contributed by atoms with Crippen molar-refractivity contribution >= 4 is 21.9 Å². The van der Waals surface area contributed by atoms with Gasteiger partial charge in [0.1, 0.15) is 4.32 Å². The van der Waals surface area contributed by atoms with Gasteiger partial charge in [-0.1, -0.05) is 61.2 Å². The predicted octanol–water partition coefficient (Wildman–Crippen LogP) is 5.17. The summed E-state index contributed by atoms with van der Waals surface area (Å²) < 4.78 is -0.788. The number of halogens is 1. The maximum absolute atomic E-state index is 11.0. The molecule has 0 aliphatic carbocycles. The first kappa shape index (κ1) is 17.7. The Morgan fingerprint density at radius 3 is 2.33 bits per heavy atom. The highest BCUT2D eigenvalue weighted by atomic mass is 79.9. The topological polar surface area (TPSA) is 37.3 Å². The molecule has 0 saturated carbocycles. The summed E-state index contributed by atoms with van der Waals surface area (Å²) in [6, 6.07) is 0. The second-order valence-electron chi connectivity index (χ2n) is 5.18. The Morgan fingerprint density at radius 2 is 1.83 bits per heavy atom. The molecule has 2 unspecified atom stereocenters. The monoisotopic (exact) mass is 318 g/mol. The Bertz CT molecular complexity index is 259. The van der Waals surface area contributed by atoms with E-state index in [0.717, 1.165) is 25.7 Å². The van der Waals surface area contributed by atoms with Crippen molar-refractivity contribution in [2.24, 2.45) is 5.92 Å². The van der Waals surface area contributed by atoms with Crippen molar-refractivity contribution in [2.75, 3.05) is 0 Å². The fourth-order valence-corrected chi connectivity index (χ4v) is 1.98. The normalized spacial score (nSPS) is 16.7. The van der Waals surface area contributed by atoms with E-state index in [-0.39, 0.29) is 5.92 Å². The van der Waals surface area contributed by atoms with Crippen LogP contribution in [0.4, 0.5) is 0 Å². The van der Waals surface area contributed by atoms with Crippen molar-refractivity contribution in [2.45, 2.75) is 70.0 Å². The molecule has 0 fully saturated rings. The van der Waals surface area contributed by atoms with Crippen LogP contribution in [0.15, 0.2) is 12.2 Å². The Labute approximate surface area is 120 Å². The van der Waals surface area contributed by atoms with Crippen LogP contribution < -0.4 is 0 Å². The molecule has 0 saturated heterocycles. The van der Waals surface area contributed by atoms with E-state index in [4.69, 9.17) is 5.11 Å². The molecule has 18 heavy (non-hydrogen) atoms. The molecule has 0 aromatic carbocycles. The number of carboxylic acid groups (broad SMARTS) is 1. The molecule has 2 nitrogen and oxygen atoms in total. The highest BCUT2D eigenvalue weighted by Gasteiger charge is 2.35. The third kappa shape index (κ3) is 7.20. The van der Waals surface area contributed by atoms with E-state index in [2.05, 4.69) is 35.0 Å². The fraction of sp³-hybridized carbons (Fsp3) is 0.800. The third-order valence-corrected chi connectivity index (χ3v) is 4.61. The van der Waals surface area contributed by atoms with Gasteiger partial charge < -0.3 is 5.11 Å². The lowest BCUT2D eigenvalue weighted by Gasteiger charge is -2.25. The molecule has 3 heteroatoms. The number of aliphatic carboxylic acids is 1. The smallest absolute Gasteiger partial charge is 0.320 e. The molecule has 0 bridgehead atoms. The summed E-state index contributed by atoms with van der Waals surface area (Å²) in [7, 11) is 0. The summed E-state index contributed by atoms with van der Waals surface area (Å²) in [6.07, 6.45) is 12.5. The van der Waals surface area contributed by atoms with Gasteiger partial charge in [-0.15, -0.1) is 0 Å². The molecule has 0 aliphatic rings. The van der Waals surface area contributed by atoms with Crippen LogP contribution in [0.3, 0.4) is 0 Å². The zero-order valence-corrected chi connectivity index (χ0v) is 13.5. The number of hydrogen-bond acceptors (Lipinski definition) is 1. The standard InChI is InChI=1S/C15H27BrO2/c1-4-5-6-7-8-9-10-11-12-13(2)15(3,16)14(17)18/h7-8,13H,4-6,9-12H2,1-3H3,(H,17,18)/b8-7-. The molecule has 0 aromatic rings. The first-order chi connectivity index (χ1) is 8.42. The molecule has 2 atom stereocenters. The Kier molecular flexibility index (Phi) is 9.43. The van der Waals surface area contributed by atoms with E-state index in [1.807, 2.05) is 6.92 Å². The number of alkyl halides is 1. The first-order valence-electron chi connectivity index (χ1n) is 7.00. The van der Waals surface area contributed by atoms with Crippen molar-refractivity contribution in [3.05, 3.63) is 12.2 Å². The van der Waals surface area contributed by atoms with Crippen LogP contribution in [-0.2, 0) is 4.79 Å². The van der Waals surface area contributed by atoms with Crippen molar-refractivity contribution in [3.63, 3.8) is 0 Å². The van der Waals surface area contributed by atoms with Crippen LogP contribution in [0.5, 0.6) is 0 Å². The lowest BCUT2D eigenvalue weighted by molar-refractivity contribution is -0.140. The summed E-state index contributed by atoms with van der Waals surface area (Å²) in [5.41, 5.74) is 0. The molecule has 0 rings (SSSR count). The third-order valence-electron chi connectivity index (χ3n) is 3.49. The molecule has 106 valence electrons. The Balaban J connectivity index is 3.66. The molecule has 0 radical (unpaired) electrons. The molecule has 0 heterocycles. The summed E-state index contributed by atoms with van der Waals surface area (Å²) >= 11 is 3.31. The van der Waals surface area contributed by atoms with Crippen LogP contribution in [0.1, 0.15) is 65.7 Å². The van der Waals surface area contributed by atoms with Crippen molar-refractivity contribution in [3.8, 4) is 0 Å². The molecule has 0 spiro atoms. The Morgan fingerprint density at radius 1 is 1.28 bits per heavy atom. The molecule has 0 aromatic heterocycles. The summed E-state index contributed by atoms with van der Waals surface area (Å²) in [6.45, 7) is 5.94. The number of allylic oxidation sites excluding steroid dienone is 2. The highest BCUT2D eigenvalue weighted by Crippen LogP contribution is 2.31. The minimum absolute atomic E-state index is 0.152. The van der Waals surface area contributed by atoms with Crippen LogP contribution in [0, 0.1) is 5.92 Å². The predicted molar refractivity (Wildman–Crippen MR) is 81.3 cm³/mol. The minimum Gasteiger partial charge on any atom is -0.480 e. The Hall–Kier alpha value is -0.310. The maximum Gasteiger partial charge on any atom is 0.320 e. The van der Waals surface area contributed by atoms with Crippen molar-refractivity contribution in [1.82, 2.24) is 0 Å². The quantitative estimate of drug-likeness (QED) is 0.343. The number of unbranched alkanes of at least 4 members (excludes halogenated alkanes) is 4. The van der Waals surface area contributed by atoms with E-state index >= 15 is 0 Å². The van der Waals surface area contributed by atoms with Gasteiger partial charge in [-0.3, -0.25) is 4.79 Å². The van der Waals surface area contributed by atoms with E-state index in [0.29, 0.717) is 0 Å². The average Bonchev–Trinajstić information content (AvgIpc) is 2.32. The molecular formula is C15H27BrO2. The van der Waals surface area contributed by atoms with Gasteiger partial charge in [-0.25, -0.2) is 0 Å². The van der Waals surface area contributed by atoms with Gasteiger partial charge in [-0.2, -0.15) is 0 Å². The van der Waals surface area contributed by atoms with Crippen LogP contribution in [0.2, 0.25) is 0 Å². The summed E-state index contributed by atoms with van der Waals surface area (Å²) in [4.78, 5) is 11.0. The summed E-state index contributed by atoms with van der Waals surface area (Å²) in [5, 5.41) is 9.08. The average molecular weight is 319 g/mol. The van der Waals surface area contributed by atoms with E-state index in [9.17, 15) is 4.79 Å². The zero-order valence-electron chi connectivity index (χ0n) is 11.9. The maximum atomic E-state index is 11.0. The highest BCUT2D eigenvalue weighted by molar-refractivity contribution is 9.10. The molecular weight excluding hydrogens is 292 g/mol. The van der Waals surface area contributed by atoms with Gasteiger partial charge in [-0.05, 0) is 38.5 Å². The SMILES string of the molecule is CCCC/C=C\CCCCC(C)C(C)(Br)C(=O)O. The number of carboxylic acids is 1. The van der Waals surface area contributed by atoms with Gasteiger partial charge in [0.15, 0.2) is 0 Å². The van der Waals surface area contributed by atoms with Crippen LogP contribution in [0.25, 0.3) is 0 Å². The van der Waals surface area contributed by atoms with Gasteiger partial charge in [0.05, 0.1) is 0 Å².